The smallest absolute Gasteiger partial charge is 0.366 e. The molecule has 0 fully saturated rings. The number of nitrogens with one attached hydrogen (secondary N) is 1. The Balaban J connectivity index is 3.63. The lowest BCUT2D eigenvalue weighted by Crippen LogP contribution is -2.36. The largest absolute Gasteiger partial charge is 0.411 e. The van der Waals surface area contributed by atoms with Crippen LogP contribution >= 0.6 is 0 Å². The lowest BCUT2D eigenvalue weighted by Gasteiger charge is -2.16. The van der Waals surface area contributed by atoms with Gasteiger partial charge in [-0.3, -0.25) is 0 Å². The van der Waals surface area contributed by atoms with E-state index < -0.39 is 31.9 Å². The molecule has 13 heavy (non-hydrogen) atoms. The number of rotatable bonds is 5. The maximum atomic E-state index is 12.4. The maximum Gasteiger partial charge on any atom is 0.411 e. The monoisotopic (exact) mass is 207 g/mol. The summed E-state index contributed by atoms with van der Waals surface area (Å²) in [5, 5.41) is 2.14. The second-order valence-electron chi connectivity index (χ2n) is 2.49. The number of alkyl halides is 5. The minimum absolute atomic E-state index is 0.704. The van der Waals surface area contributed by atoms with Gasteiger partial charge in [-0.2, -0.15) is 13.2 Å². The highest BCUT2D eigenvalue weighted by Gasteiger charge is 2.32. The van der Waals surface area contributed by atoms with Crippen molar-refractivity contribution in [1.29, 1.82) is 0 Å². The summed E-state index contributed by atoms with van der Waals surface area (Å²) in [4.78, 5) is 0. The van der Waals surface area contributed by atoms with Gasteiger partial charge in [0, 0.05) is 0 Å². The molecule has 0 spiro atoms. The van der Waals surface area contributed by atoms with E-state index in [-0.39, 0.29) is 0 Å². The predicted molar refractivity (Wildman–Crippen MR) is 35.7 cm³/mol. The van der Waals surface area contributed by atoms with Crippen molar-refractivity contribution >= 4 is 0 Å². The van der Waals surface area contributed by atoms with Gasteiger partial charge in [0.05, 0.1) is 6.54 Å². The Morgan fingerprint density at radius 3 is 2.00 bits per heavy atom. The Bertz CT molecular complexity index is 146. The topological polar surface area (TPSA) is 21.3 Å². The van der Waals surface area contributed by atoms with Gasteiger partial charge in [0.25, 0.3) is 5.92 Å². The molecule has 0 unspecified atom stereocenters. The van der Waals surface area contributed by atoms with Crippen molar-refractivity contribution in [3.63, 3.8) is 0 Å². The van der Waals surface area contributed by atoms with Crippen LogP contribution in [-0.4, -0.2) is 38.9 Å². The van der Waals surface area contributed by atoms with E-state index in [1.54, 1.807) is 0 Å². The summed E-state index contributed by atoms with van der Waals surface area (Å²) in [7, 11) is 1.28. The van der Waals surface area contributed by atoms with Gasteiger partial charge in [0.1, 0.15) is 13.2 Å². The summed E-state index contributed by atoms with van der Waals surface area (Å²) in [5.41, 5.74) is 0. The van der Waals surface area contributed by atoms with E-state index in [1.807, 2.05) is 0 Å². The first kappa shape index (κ1) is 12.6. The molecule has 0 amide bonds. The van der Waals surface area contributed by atoms with Crippen LogP contribution in [0.15, 0.2) is 0 Å². The van der Waals surface area contributed by atoms with Crippen molar-refractivity contribution in [2.24, 2.45) is 0 Å². The van der Waals surface area contributed by atoms with E-state index in [0.29, 0.717) is 0 Å². The van der Waals surface area contributed by atoms with E-state index in [4.69, 9.17) is 0 Å². The molecular weight excluding hydrogens is 197 g/mol. The van der Waals surface area contributed by atoms with Gasteiger partial charge in [-0.1, -0.05) is 0 Å². The molecule has 0 saturated carbocycles. The van der Waals surface area contributed by atoms with Crippen LogP contribution in [0.25, 0.3) is 0 Å². The van der Waals surface area contributed by atoms with E-state index in [2.05, 4.69) is 10.1 Å². The van der Waals surface area contributed by atoms with Crippen molar-refractivity contribution < 1.29 is 26.7 Å². The molecular formula is C6H10F5NO. The second kappa shape index (κ2) is 4.71. The lowest BCUT2D eigenvalue weighted by molar-refractivity contribution is -0.190. The Morgan fingerprint density at radius 1 is 1.08 bits per heavy atom. The molecule has 0 saturated heterocycles. The lowest BCUT2D eigenvalue weighted by atomic mass is 10.3. The van der Waals surface area contributed by atoms with Crippen LogP contribution < -0.4 is 5.32 Å². The average Bonchev–Trinajstić information content (AvgIpc) is 1.82. The molecule has 0 atom stereocenters. The fraction of sp³-hybridized carbons (Fsp3) is 1.00. The molecule has 1 N–H and O–H groups in total. The third-order valence-electron chi connectivity index (χ3n) is 1.01. The van der Waals surface area contributed by atoms with Gasteiger partial charge in [-0.15, -0.1) is 0 Å². The van der Waals surface area contributed by atoms with Crippen LogP contribution in [-0.2, 0) is 4.74 Å². The van der Waals surface area contributed by atoms with E-state index in [0.717, 1.165) is 0 Å². The highest BCUT2D eigenvalue weighted by atomic mass is 19.4. The summed E-state index contributed by atoms with van der Waals surface area (Å²) >= 11 is 0. The zero-order valence-corrected chi connectivity index (χ0v) is 6.92. The van der Waals surface area contributed by atoms with Crippen LogP contribution in [0.2, 0.25) is 0 Å². The van der Waals surface area contributed by atoms with Gasteiger partial charge in [0.15, 0.2) is 0 Å². The Labute approximate surface area is 72.1 Å². The van der Waals surface area contributed by atoms with E-state index in [1.165, 1.54) is 7.05 Å². The van der Waals surface area contributed by atoms with E-state index in [9.17, 15) is 22.0 Å². The highest BCUT2D eigenvalue weighted by Crippen LogP contribution is 2.17. The van der Waals surface area contributed by atoms with Crippen molar-refractivity contribution in [2.75, 3.05) is 26.8 Å². The molecule has 0 aromatic heterocycles. The van der Waals surface area contributed by atoms with Gasteiger partial charge in [0.2, 0.25) is 0 Å². The summed E-state index contributed by atoms with van der Waals surface area (Å²) in [6.45, 7) is -3.58. The molecule has 0 aliphatic heterocycles. The van der Waals surface area contributed by atoms with Gasteiger partial charge < -0.3 is 10.1 Å². The van der Waals surface area contributed by atoms with Crippen LogP contribution in [0.5, 0.6) is 0 Å². The van der Waals surface area contributed by atoms with Crippen LogP contribution in [0.4, 0.5) is 22.0 Å². The second-order valence-corrected chi connectivity index (χ2v) is 2.49. The molecule has 2 nitrogen and oxygen atoms in total. The van der Waals surface area contributed by atoms with Crippen molar-refractivity contribution in [3.05, 3.63) is 0 Å². The molecule has 0 aromatic rings. The molecule has 0 rings (SSSR count). The fourth-order valence-corrected chi connectivity index (χ4v) is 0.626. The zero-order valence-electron chi connectivity index (χ0n) is 6.92. The molecule has 80 valence electrons. The molecule has 0 heterocycles. The van der Waals surface area contributed by atoms with Gasteiger partial charge in [-0.25, -0.2) is 8.78 Å². The molecule has 0 radical (unpaired) electrons. The van der Waals surface area contributed by atoms with Gasteiger partial charge in [-0.05, 0) is 7.05 Å². The van der Waals surface area contributed by atoms with Crippen LogP contribution in [0, 0.1) is 0 Å². The van der Waals surface area contributed by atoms with Gasteiger partial charge >= 0.3 is 6.18 Å². The third-order valence-corrected chi connectivity index (χ3v) is 1.01. The molecule has 0 aliphatic rings. The quantitative estimate of drug-likeness (QED) is 0.688. The summed E-state index contributed by atoms with van der Waals surface area (Å²) in [6.07, 6.45) is -4.56. The standard InChI is InChI=1S/C6H10F5NO/c1-12-2-5(7,8)3-13-4-6(9,10)11/h12H,2-4H2,1H3. The first-order valence-electron chi connectivity index (χ1n) is 3.44. The van der Waals surface area contributed by atoms with Crippen LogP contribution in [0.3, 0.4) is 0 Å². The highest BCUT2D eigenvalue weighted by molar-refractivity contribution is 4.67. The van der Waals surface area contributed by atoms with Crippen LogP contribution in [0.1, 0.15) is 0 Å². The normalized spacial score (nSPS) is 13.4. The Hall–Kier alpha value is -0.430. The molecule has 7 heteroatoms. The van der Waals surface area contributed by atoms with Crippen molar-refractivity contribution in [2.45, 2.75) is 12.1 Å². The first-order chi connectivity index (χ1) is 5.77. The number of hydrogen-bond acceptors (Lipinski definition) is 2. The summed E-state index contributed by atoms with van der Waals surface area (Å²) < 4.78 is 63.0. The Morgan fingerprint density at radius 2 is 1.62 bits per heavy atom. The van der Waals surface area contributed by atoms with Crippen molar-refractivity contribution in [3.8, 4) is 0 Å². The minimum Gasteiger partial charge on any atom is -0.366 e. The number of hydrogen-bond donors (Lipinski definition) is 1. The van der Waals surface area contributed by atoms with Crippen molar-refractivity contribution in [1.82, 2.24) is 5.32 Å². The summed E-state index contributed by atoms with van der Waals surface area (Å²) in [5.74, 6) is -3.26. The average molecular weight is 207 g/mol. The zero-order chi connectivity index (χ0) is 10.5. The number of halogens is 5. The summed E-state index contributed by atoms with van der Waals surface area (Å²) in [6, 6.07) is 0. The first-order valence-corrected chi connectivity index (χ1v) is 3.44. The SMILES string of the molecule is CNCC(F)(F)COCC(F)(F)F. The van der Waals surface area contributed by atoms with E-state index >= 15 is 0 Å². The third kappa shape index (κ3) is 7.92. The molecule has 0 bridgehead atoms. The molecule has 0 aromatic carbocycles. The fourth-order valence-electron chi connectivity index (χ4n) is 0.626. The molecule has 0 aliphatic carbocycles. The predicted octanol–water partition coefficient (Wildman–Crippen LogP) is 1.42. The minimum atomic E-state index is -4.56. The Kier molecular flexibility index (Phi) is 4.55. The number of ether oxygens (including phenoxy) is 1. The maximum absolute atomic E-state index is 12.4.